The van der Waals surface area contributed by atoms with E-state index in [9.17, 15) is 0 Å². The van der Waals surface area contributed by atoms with E-state index in [1.165, 1.54) is 37.9 Å². The first-order chi connectivity index (χ1) is 13.6. The van der Waals surface area contributed by atoms with Crippen LogP contribution in [-0.2, 0) is 11.3 Å². The number of likely N-dealkylation sites (tertiary alicyclic amines) is 1. The number of hydrogen-bond acceptors (Lipinski definition) is 5. The van der Waals surface area contributed by atoms with Crippen molar-refractivity contribution in [2.24, 2.45) is 0 Å². The Labute approximate surface area is 170 Å². The van der Waals surface area contributed by atoms with Gasteiger partial charge in [0.25, 0.3) is 0 Å². The Balaban J connectivity index is 1.61. The van der Waals surface area contributed by atoms with Gasteiger partial charge in [-0.3, -0.25) is 4.90 Å². The fraction of sp³-hybridized carbons (Fsp3) is 0.652. The standard InChI is InChI=1S/C23H36N2O3/c1-19(2)17-28-22-15-20(7-8-21(22)26-3)16-24-18-23(9-13-27-14-10-23)25-11-5-4-6-12-25/h7-8,15,24H,1,4-6,9-14,16-18H2,2-3H3. The predicted octanol–water partition coefficient (Wildman–Crippen LogP) is 3.77. The number of hydrogen-bond donors (Lipinski definition) is 1. The summed E-state index contributed by atoms with van der Waals surface area (Å²) in [6.07, 6.45) is 6.26. The van der Waals surface area contributed by atoms with Gasteiger partial charge in [-0.05, 0) is 69.0 Å². The van der Waals surface area contributed by atoms with Gasteiger partial charge in [0.1, 0.15) is 6.61 Å². The summed E-state index contributed by atoms with van der Waals surface area (Å²) in [6.45, 7) is 12.4. The summed E-state index contributed by atoms with van der Waals surface area (Å²) in [5.41, 5.74) is 2.44. The van der Waals surface area contributed by atoms with Crippen LogP contribution in [0.2, 0.25) is 0 Å². The van der Waals surface area contributed by atoms with E-state index in [-0.39, 0.29) is 5.54 Å². The Hall–Kier alpha value is -1.56. The summed E-state index contributed by atoms with van der Waals surface area (Å²) >= 11 is 0. The zero-order chi connectivity index (χ0) is 19.8. The molecule has 0 aliphatic carbocycles. The first kappa shape index (κ1) is 21.2. The second-order valence-electron chi connectivity index (χ2n) is 8.22. The molecule has 0 amide bonds. The van der Waals surface area contributed by atoms with Crippen molar-refractivity contribution in [1.29, 1.82) is 0 Å². The van der Waals surface area contributed by atoms with Crippen LogP contribution in [0.1, 0.15) is 44.6 Å². The summed E-state index contributed by atoms with van der Waals surface area (Å²) in [4.78, 5) is 2.72. The monoisotopic (exact) mass is 388 g/mol. The first-order valence-electron chi connectivity index (χ1n) is 10.6. The largest absolute Gasteiger partial charge is 0.493 e. The lowest BCUT2D eigenvalue weighted by molar-refractivity contribution is -0.0358. The Morgan fingerprint density at radius 3 is 2.61 bits per heavy atom. The average molecular weight is 389 g/mol. The van der Waals surface area contributed by atoms with Crippen LogP contribution in [-0.4, -0.2) is 57.0 Å². The van der Waals surface area contributed by atoms with E-state index in [0.717, 1.165) is 56.2 Å². The summed E-state index contributed by atoms with van der Waals surface area (Å²) in [5.74, 6) is 1.54. The molecule has 156 valence electrons. The van der Waals surface area contributed by atoms with Crippen LogP contribution in [0.5, 0.6) is 11.5 Å². The molecule has 3 rings (SSSR count). The molecule has 0 bridgehead atoms. The van der Waals surface area contributed by atoms with E-state index >= 15 is 0 Å². The highest BCUT2D eigenvalue weighted by atomic mass is 16.5. The molecule has 2 saturated heterocycles. The van der Waals surface area contributed by atoms with Crippen molar-refractivity contribution in [1.82, 2.24) is 10.2 Å². The van der Waals surface area contributed by atoms with Crippen molar-refractivity contribution in [3.8, 4) is 11.5 Å². The van der Waals surface area contributed by atoms with Gasteiger partial charge >= 0.3 is 0 Å². The number of rotatable bonds is 9. The van der Waals surface area contributed by atoms with E-state index in [4.69, 9.17) is 14.2 Å². The molecule has 1 aromatic rings. The van der Waals surface area contributed by atoms with Gasteiger partial charge in [0.05, 0.1) is 7.11 Å². The Kier molecular flexibility index (Phi) is 7.77. The third kappa shape index (κ3) is 5.49. The molecular weight excluding hydrogens is 352 g/mol. The van der Waals surface area contributed by atoms with E-state index in [1.54, 1.807) is 7.11 Å². The predicted molar refractivity (Wildman–Crippen MR) is 113 cm³/mol. The molecule has 0 unspecified atom stereocenters. The Morgan fingerprint density at radius 2 is 1.93 bits per heavy atom. The van der Waals surface area contributed by atoms with Crippen molar-refractivity contribution >= 4 is 0 Å². The molecule has 0 atom stereocenters. The third-order valence-electron chi connectivity index (χ3n) is 5.94. The van der Waals surface area contributed by atoms with Gasteiger partial charge in [0.2, 0.25) is 0 Å². The highest BCUT2D eigenvalue weighted by molar-refractivity contribution is 5.43. The molecule has 0 saturated carbocycles. The maximum atomic E-state index is 5.86. The quantitative estimate of drug-likeness (QED) is 0.652. The lowest BCUT2D eigenvalue weighted by Crippen LogP contribution is -2.59. The lowest BCUT2D eigenvalue weighted by atomic mass is 9.86. The Morgan fingerprint density at radius 1 is 1.18 bits per heavy atom. The molecule has 0 aromatic heterocycles. The molecule has 2 aliphatic heterocycles. The molecule has 2 heterocycles. The fourth-order valence-electron chi connectivity index (χ4n) is 4.31. The van der Waals surface area contributed by atoms with E-state index in [1.807, 2.05) is 13.0 Å². The second-order valence-corrected chi connectivity index (χ2v) is 8.22. The number of piperidine rings is 1. The van der Waals surface area contributed by atoms with Gasteiger partial charge in [0.15, 0.2) is 11.5 Å². The molecule has 28 heavy (non-hydrogen) atoms. The van der Waals surface area contributed by atoms with Crippen molar-refractivity contribution in [3.05, 3.63) is 35.9 Å². The van der Waals surface area contributed by atoms with Crippen molar-refractivity contribution in [3.63, 3.8) is 0 Å². The number of nitrogens with one attached hydrogen (secondary N) is 1. The fourth-order valence-corrected chi connectivity index (χ4v) is 4.31. The molecule has 2 aliphatic rings. The molecule has 5 heteroatoms. The molecule has 5 nitrogen and oxygen atoms in total. The van der Waals surface area contributed by atoms with E-state index in [2.05, 4.69) is 28.9 Å². The molecule has 1 N–H and O–H groups in total. The molecule has 0 radical (unpaired) electrons. The minimum absolute atomic E-state index is 0.240. The number of methoxy groups -OCH3 is 1. The minimum atomic E-state index is 0.240. The summed E-state index contributed by atoms with van der Waals surface area (Å²) in [6, 6.07) is 6.17. The van der Waals surface area contributed by atoms with Crippen LogP contribution in [0.15, 0.2) is 30.4 Å². The van der Waals surface area contributed by atoms with E-state index < -0.39 is 0 Å². The third-order valence-corrected chi connectivity index (χ3v) is 5.94. The van der Waals surface area contributed by atoms with Gasteiger partial charge < -0.3 is 19.5 Å². The first-order valence-corrected chi connectivity index (χ1v) is 10.6. The van der Waals surface area contributed by atoms with E-state index in [0.29, 0.717) is 6.61 Å². The van der Waals surface area contributed by atoms with Gasteiger partial charge in [0, 0.05) is 31.8 Å². The number of ether oxygens (including phenoxy) is 3. The van der Waals surface area contributed by atoms with Gasteiger partial charge in [-0.2, -0.15) is 0 Å². The molecular formula is C23H36N2O3. The maximum Gasteiger partial charge on any atom is 0.161 e. The second kappa shape index (κ2) is 10.3. The topological polar surface area (TPSA) is 43.0 Å². The van der Waals surface area contributed by atoms with Crippen molar-refractivity contribution < 1.29 is 14.2 Å². The summed E-state index contributed by atoms with van der Waals surface area (Å²) in [5, 5.41) is 3.73. The zero-order valence-electron chi connectivity index (χ0n) is 17.6. The smallest absolute Gasteiger partial charge is 0.161 e. The zero-order valence-corrected chi connectivity index (χ0v) is 17.6. The van der Waals surface area contributed by atoms with Crippen molar-refractivity contribution in [2.75, 3.05) is 46.6 Å². The maximum absolute atomic E-state index is 5.86. The van der Waals surface area contributed by atoms with Gasteiger partial charge in [-0.15, -0.1) is 0 Å². The minimum Gasteiger partial charge on any atom is -0.493 e. The molecule has 0 spiro atoms. The van der Waals surface area contributed by atoms with Gasteiger partial charge in [-0.1, -0.05) is 19.1 Å². The summed E-state index contributed by atoms with van der Waals surface area (Å²) < 4.78 is 17.0. The number of nitrogens with zero attached hydrogens (tertiary/aromatic N) is 1. The number of benzene rings is 1. The van der Waals surface area contributed by atoms with Crippen LogP contribution in [0.4, 0.5) is 0 Å². The average Bonchev–Trinajstić information content (AvgIpc) is 2.73. The van der Waals surface area contributed by atoms with Gasteiger partial charge in [-0.25, -0.2) is 0 Å². The highest BCUT2D eigenvalue weighted by Gasteiger charge is 2.38. The molecule has 1 aromatic carbocycles. The highest BCUT2D eigenvalue weighted by Crippen LogP contribution is 2.31. The van der Waals surface area contributed by atoms with Crippen LogP contribution in [0.25, 0.3) is 0 Å². The van der Waals surface area contributed by atoms with Crippen LogP contribution < -0.4 is 14.8 Å². The van der Waals surface area contributed by atoms with Crippen LogP contribution in [0, 0.1) is 0 Å². The van der Waals surface area contributed by atoms with Crippen LogP contribution >= 0.6 is 0 Å². The lowest BCUT2D eigenvalue weighted by Gasteiger charge is -2.48. The Bertz CT molecular complexity index is 635. The van der Waals surface area contributed by atoms with Crippen LogP contribution in [0.3, 0.4) is 0 Å². The SMILES string of the molecule is C=C(C)COc1cc(CNCC2(N3CCCCC3)CCOCC2)ccc1OC. The molecule has 2 fully saturated rings. The normalized spacial score (nSPS) is 19.9. The van der Waals surface area contributed by atoms with Crippen molar-refractivity contribution in [2.45, 2.75) is 51.1 Å². The summed E-state index contributed by atoms with van der Waals surface area (Å²) in [7, 11) is 1.68.